The Balaban J connectivity index is 2.69. The number of aliphatic hydroxyl groups is 3. The molecule has 0 aliphatic heterocycles. The molecule has 0 bridgehead atoms. The van der Waals surface area contributed by atoms with E-state index < -0.39 is 24.4 Å². The normalized spacial score (nSPS) is 51.5. The fourth-order valence-corrected chi connectivity index (χ4v) is 2.26. The first-order valence-corrected chi connectivity index (χ1v) is 4.71. The Morgan fingerprint density at radius 1 is 1.09 bits per heavy atom. The zero-order valence-corrected chi connectivity index (χ0v) is 7.03. The van der Waals surface area contributed by atoms with Gasteiger partial charge in [0.2, 0.25) is 0 Å². The van der Waals surface area contributed by atoms with Crippen LogP contribution >= 0.6 is 11.8 Å². The molecular formula is C6H13NO3S. The van der Waals surface area contributed by atoms with E-state index in [1.165, 1.54) is 11.8 Å². The molecule has 0 unspecified atom stereocenters. The van der Waals surface area contributed by atoms with Gasteiger partial charge in [-0.3, -0.25) is 0 Å². The van der Waals surface area contributed by atoms with Gasteiger partial charge >= 0.3 is 0 Å². The van der Waals surface area contributed by atoms with Gasteiger partial charge in [0, 0.05) is 6.04 Å². The molecule has 1 aliphatic rings. The first-order valence-electron chi connectivity index (χ1n) is 3.42. The second-order valence-corrected chi connectivity index (χ2v) is 3.77. The second-order valence-electron chi connectivity index (χ2n) is 2.75. The standard InChI is InChI=1S/C6H13NO3S/c1-11-6-2(7)3(8)4(9)5(6)10/h2-6,8-10H,7H2,1H3/t2-,3+,4-,5+,6+/m1/s1. The molecule has 0 amide bonds. The summed E-state index contributed by atoms with van der Waals surface area (Å²) in [5.41, 5.74) is 5.52. The van der Waals surface area contributed by atoms with Crippen LogP contribution in [-0.4, -0.2) is 51.2 Å². The number of hydrogen-bond acceptors (Lipinski definition) is 5. The average Bonchev–Trinajstić information content (AvgIpc) is 2.17. The van der Waals surface area contributed by atoms with Gasteiger partial charge in [0.15, 0.2) is 0 Å². The van der Waals surface area contributed by atoms with Crippen molar-refractivity contribution in [2.24, 2.45) is 5.73 Å². The maximum atomic E-state index is 9.29. The minimum atomic E-state index is -1.09. The smallest absolute Gasteiger partial charge is 0.108 e. The van der Waals surface area contributed by atoms with Gasteiger partial charge in [0.25, 0.3) is 0 Å². The van der Waals surface area contributed by atoms with E-state index in [-0.39, 0.29) is 5.25 Å². The lowest BCUT2D eigenvalue weighted by molar-refractivity contribution is -0.0198. The lowest BCUT2D eigenvalue weighted by Crippen LogP contribution is -2.39. The van der Waals surface area contributed by atoms with Crippen molar-refractivity contribution >= 4 is 11.8 Å². The quantitative estimate of drug-likeness (QED) is 0.379. The Morgan fingerprint density at radius 3 is 1.82 bits per heavy atom. The van der Waals surface area contributed by atoms with Crippen LogP contribution in [0.25, 0.3) is 0 Å². The average molecular weight is 179 g/mol. The number of aliphatic hydroxyl groups excluding tert-OH is 3. The number of hydrogen-bond donors (Lipinski definition) is 4. The summed E-state index contributed by atoms with van der Waals surface area (Å²) in [6.45, 7) is 0. The molecule has 66 valence electrons. The summed E-state index contributed by atoms with van der Waals surface area (Å²) >= 11 is 1.36. The molecule has 1 fully saturated rings. The van der Waals surface area contributed by atoms with E-state index in [1.54, 1.807) is 6.26 Å². The second kappa shape index (κ2) is 3.28. The monoisotopic (exact) mass is 179 g/mol. The molecule has 0 radical (unpaired) electrons. The van der Waals surface area contributed by atoms with Crippen LogP contribution in [0.5, 0.6) is 0 Å². The van der Waals surface area contributed by atoms with Crippen LogP contribution in [0, 0.1) is 0 Å². The van der Waals surface area contributed by atoms with E-state index in [2.05, 4.69) is 0 Å². The van der Waals surface area contributed by atoms with E-state index in [9.17, 15) is 10.2 Å². The van der Waals surface area contributed by atoms with Crippen molar-refractivity contribution in [3.63, 3.8) is 0 Å². The third kappa shape index (κ3) is 1.39. The number of thioether (sulfide) groups is 1. The van der Waals surface area contributed by atoms with E-state index >= 15 is 0 Å². The minimum Gasteiger partial charge on any atom is -0.389 e. The number of nitrogens with two attached hydrogens (primary N) is 1. The highest BCUT2D eigenvalue weighted by atomic mass is 32.2. The maximum Gasteiger partial charge on any atom is 0.108 e. The first kappa shape index (κ1) is 9.28. The van der Waals surface area contributed by atoms with Crippen LogP contribution in [0.1, 0.15) is 0 Å². The molecule has 0 spiro atoms. The third-order valence-corrected chi connectivity index (χ3v) is 3.22. The molecule has 11 heavy (non-hydrogen) atoms. The van der Waals surface area contributed by atoms with Crippen molar-refractivity contribution < 1.29 is 15.3 Å². The summed E-state index contributed by atoms with van der Waals surface area (Å²) in [6.07, 6.45) is -1.21. The SMILES string of the molecule is CS[C@H]1[C@H](N)[C@H](O)[C@@H](O)[C@@H]1O. The summed E-state index contributed by atoms with van der Waals surface area (Å²) in [5.74, 6) is 0. The molecule has 5 N–H and O–H groups in total. The Morgan fingerprint density at radius 2 is 1.64 bits per heavy atom. The molecule has 1 aliphatic carbocycles. The van der Waals surface area contributed by atoms with Crippen molar-refractivity contribution in [1.29, 1.82) is 0 Å². The predicted molar refractivity (Wildman–Crippen MR) is 43.3 cm³/mol. The predicted octanol–water partition coefficient (Wildman–Crippen LogP) is -1.86. The topological polar surface area (TPSA) is 86.7 Å². The van der Waals surface area contributed by atoms with Gasteiger partial charge in [-0.2, -0.15) is 11.8 Å². The van der Waals surface area contributed by atoms with Crippen LogP contribution in [0.2, 0.25) is 0 Å². The van der Waals surface area contributed by atoms with Gasteiger partial charge < -0.3 is 21.1 Å². The zero-order chi connectivity index (χ0) is 8.59. The fourth-order valence-electron chi connectivity index (χ4n) is 1.34. The lowest BCUT2D eigenvalue weighted by atomic mass is 10.2. The van der Waals surface area contributed by atoms with Crippen molar-refractivity contribution in [1.82, 2.24) is 0 Å². The molecule has 0 aromatic rings. The third-order valence-electron chi connectivity index (χ3n) is 2.08. The van der Waals surface area contributed by atoms with Gasteiger partial charge in [0.05, 0.1) is 17.5 Å². The molecule has 1 rings (SSSR count). The highest BCUT2D eigenvalue weighted by Crippen LogP contribution is 2.28. The molecule has 4 nitrogen and oxygen atoms in total. The van der Waals surface area contributed by atoms with Crippen LogP contribution in [0.15, 0.2) is 0 Å². The highest BCUT2D eigenvalue weighted by molar-refractivity contribution is 7.99. The van der Waals surface area contributed by atoms with Gasteiger partial charge in [-0.05, 0) is 6.26 Å². The summed E-state index contributed by atoms with van der Waals surface area (Å²) in [5, 5.41) is 27.4. The van der Waals surface area contributed by atoms with Gasteiger partial charge in [-0.15, -0.1) is 0 Å². The van der Waals surface area contributed by atoms with Crippen LogP contribution in [0.3, 0.4) is 0 Å². The lowest BCUT2D eigenvalue weighted by Gasteiger charge is -2.15. The largest absolute Gasteiger partial charge is 0.389 e. The van der Waals surface area contributed by atoms with E-state index in [0.717, 1.165) is 0 Å². The minimum absolute atomic E-state index is 0.264. The van der Waals surface area contributed by atoms with Crippen molar-refractivity contribution in [3.05, 3.63) is 0 Å². The zero-order valence-electron chi connectivity index (χ0n) is 6.21. The molecule has 0 saturated heterocycles. The molecule has 0 aromatic carbocycles. The maximum absolute atomic E-state index is 9.29. The van der Waals surface area contributed by atoms with Gasteiger partial charge in [-0.1, -0.05) is 0 Å². The summed E-state index contributed by atoms with van der Waals surface area (Å²) in [4.78, 5) is 0. The van der Waals surface area contributed by atoms with Crippen molar-refractivity contribution in [3.8, 4) is 0 Å². The summed E-state index contributed by atoms with van der Waals surface area (Å²) in [6, 6.07) is -0.532. The van der Waals surface area contributed by atoms with Crippen molar-refractivity contribution in [2.45, 2.75) is 29.6 Å². The van der Waals surface area contributed by atoms with E-state index in [1.807, 2.05) is 0 Å². The van der Waals surface area contributed by atoms with E-state index in [0.29, 0.717) is 0 Å². The molecule has 0 aromatic heterocycles. The molecular weight excluding hydrogens is 166 g/mol. The Bertz CT molecular complexity index is 132. The van der Waals surface area contributed by atoms with Crippen LogP contribution in [0.4, 0.5) is 0 Å². The number of rotatable bonds is 1. The molecule has 1 saturated carbocycles. The summed E-state index contributed by atoms with van der Waals surface area (Å²) < 4.78 is 0. The molecule has 5 atom stereocenters. The fraction of sp³-hybridized carbons (Fsp3) is 1.00. The summed E-state index contributed by atoms with van der Waals surface area (Å²) in [7, 11) is 0. The van der Waals surface area contributed by atoms with E-state index in [4.69, 9.17) is 10.8 Å². The Kier molecular flexibility index (Phi) is 2.77. The Labute approximate surface area is 69.4 Å². The highest BCUT2D eigenvalue weighted by Gasteiger charge is 2.46. The molecule has 0 heterocycles. The van der Waals surface area contributed by atoms with Crippen molar-refractivity contribution in [2.75, 3.05) is 6.26 Å². The molecule has 5 heteroatoms. The van der Waals surface area contributed by atoms with Gasteiger partial charge in [-0.25, -0.2) is 0 Å². The van der Waals surface area contributed by atoms with Gasteiger partial charge in [0.1, 0.15) is 6.10 Å². The van der Waals surface area contributed by atoms with Crippen LogP contribution in [-0.2, 0) is 0 Å². The van der Waals surface area contributed by atoms with Crippen LogP contribution < -0.4 is 5.73 Å². The first-order chi connectivity index (χ1) is 5.09. The Hall–Kier alpha value is 0.190.